The molecule has 0 fully saturated rings. The third-order valence-electron chi connectivity index (χ3n) is 3.66. The van der Waals surface area contributed by atoms with Crippen LogP contribution >= 0.6 is 11.6 Å². The molecule has 0 aliphatic rings. The Hall–Kier alpha value is -2.01. The van der Waals surface area contributed by atoms with Gasteiger partial charge in [0.05, 0.1) is 11.6 Å². The molecular weight excluding hydrogens is 315 g/mol. The summed E-state index contributed by atoms with van der Waals surface area (Å²) in [7, 11) is 0. The van der Waals surface area contributed by atoms with Gasteiger partial charge in [0.2, 0.25) is 0 Å². The van der Waals surface area contributed by atoms with Crippen LogP contribution in [0.15, 0.2) is 54.7 Å². The van der Waals surface area contributed by atoms with E-state index < -0.39 is 6.10 Å². The second-order valence-corrected chi connectivity index (χ2v) is 5.77. The molecule has 23 heavy (non-hydrogen) atoms. The topological polar surface area (TPSA) is 45.1 Å². The number of benzene rings is 2. The molecule has 3 rings (SSSR count). The van der Waals surface area contributed by atoms with Gasteiger partial charge in [0.25, 0.3) is 0 Å². The Bertz CT molecular complexity index is 808. The maximum atomic E-state index is 12.9. The molecule has 0 radical (unpaired) electrons. The molecule has 5 heteroatoms. The zero-order valence-electron chi connectivity index (χ0n) is 12.3. The lowest BCUT2D eigenvalue weighted by molar-refractivity contribution is 0.174. The molecule has 2 aromatic carbocycles. The number of nitrogens with one attached hydrogen (secondary N) is 1. The highest BCUT2D eigenvalue weighted by molar-refractivity contribution is 6.31. The first kappa shape index (κ1) is 15.9. The van der Waals surface area contributed by atoms with Crippen molar-refractivity contribution in [1.82, 2.24) is 10.3 Å². The smallest absolute Gasteiger partial charge is 0.123 e. The molecule has 1 unspecified atom stereocenters. The quantitative estimate of drug-likeness (QED) is 0.747. The average Bonchev–Trinajstić information content (AvgIpc) is 2.55. The molecule has 0 aliphatic heterocycles. The molecule has 1 aromatic heterocycles. The summed E-state index contributed by atoms with van der Waals surface area (Å²) in [4.78, 5) is 4.39. The number of pyridine rings is 1. The number of aromatic nitrogens is 1. The van der Waals surface area contributed by atoms with Crippen LogP contribution in [0.3, 0.4) is 0 Å². The maximum Gasteiger partial charge on any atom is 0.123 e. The second kappa shape index (κ2) is 7.04. The Morgan fingerprint density at radius 1 is 1.17 bits per heavy atom. The van der Waals surface area contributed by atoms with E-state index in [0.29, 0.717) is 23.7 Å². The Kier molecular flexibility index (Phi) is 4.86. The second-order valence-electron chi connectivity index (χ2n) is 5.34. The van der Waals surface area contributed by atoms with Gasteiger partial charge in [-0.05, 0) is 41.5 Å². The summed E-state index contributed by atoms with van der Waals surface area (Å²) in [6, 6.07) is 13.4. The van der Waals surface area contributed by atoms with Gasteiger partial charge in [0.1, 0.15) is 5.82 Å². The van der Waals surface area contributed by atoms with Crippen LogP contribution in [0.2, 0.25) is 5.02 Å². The number of nitrogens with zero attached hydrogens (tertiary/aromatic N) is 1. The van der Waals surface area contributed by atoms with Crippen LogP contribution in [-0.2, 0) is 6.54 Å². The number of aliphatic hydroxyl groups is 1. The monoisotopic (exact) mass is 330 g/mol. The molecule has 1 atom stereocenters. The molecule has 0 saturated carbocycles. The van der Waals surface area contributed by atoms with Crippen LogP contribution in [0.4, 0.5) is 4.39 Å². The van der Waals surface area contributed by atoms with Crippen LogP contribution in [-0.4, -0.2) is 16.6 Å². The fourth-order valence-electron chi connectivity index (χ4n) is 2.51. The summed E-state index contributed by atoms with van der Waals surface area (Å²) in [6.07, 6.45) is 1.04. The Morgan fingerprint density at radius 3 is 2.74 bits per heavy atom. The minimum Gasteiger partial charge on any atom is -0.387 e. The van der Waals surface area contributed by atoms with Gasteiger partial charge in [-0.15, -0.1) is 0 Å². The third kappa shape index (κ3) is 3.85. The first-order valence-electron chi connectivity index (χ1n) is 7.31. The predicted molar refractivity (Wildman–Crippen MR) is 89.8 cm³/mol. The van der Waals surface area contributed by atoms with E-state index in [1.165, 1.54) is 12.1 Å². The summed E-state index contributed by atoms with van der Waals surface area (Å²) in [5, 5.41) is 15.0. The van der Waals surface area contributed by atoms with Crippen LogP contribution in [0.1, 0.15) is 17.2 Å². The van der Waals surface area contributed by atoms with Gasteiger partial charge in [-0.2, -0.15) is 0 Å². The lowest BCUT2D eigenvalue weighted by Gasteiger charge is -2.13. The number of hydrogen-bond donors (Lipinski definition) is 2. The molecule has 0 aliphatic carbocycles. The van der Waals surface area contributed by atoms with E-state index in [1.54, 1.807) is 18.3 Å². The molecule has 0 amide bonds. The Morgan fingerprint density at radius 2 is 1.96 bits per heavy atom. The zero-order valence-corrected chi connectivity index (χ0v) is 13.1. The van der Waals surface area contributed by atoms with E-state index in [9.17, 15) is 9.50 Å². The van der Waals surface area contributed by atoms with Crippen molar-refractivity contribution in [3.63, 3.8) is 0 Å². The van der Waals surface area contributed by atoms with Crippen molar-refractivity contribution in [3.8, 4) is 0 Å². The Labute approximate surface area is 138 Å². The van der Waals surface area contributed by atoms with Crippen molar-refractivity contribution in [2.24, 2.45) is 0 Å². The van der Waals surface area contributed by atoms with E-state index in [0.717, 1.165) is 16.5 Å². The van der Waals surface area contributed by atoms with Crippen molar-refractivity contribution in [3.05, 3.63) is 76.7 Å². The van der Waals surface area contributed by atoms with Crippen molar-refractivity contribution in [1.29, 1.82) is 0 Å². The van der Waals surface area contributed by atoms with Gasteiger partial charge in [-0.3, -0.25) is 4.98 Å². The molecule has 118 valence electrons. The highest BCUT2D eigenvalue weighted by Crippen LogP contribution is 2.22. The first-order chi connectivity index (χ1) is 11.1. The number of halogens is 2. The van der Waals surface area contributed by atoms with Gasteiger partial charge in [0.15, 0.2) is 0 Å². The fraction of sp³-hybridized carbons (Fsp3) is 0.167. The number of hydrogen-bond acceptors (Lipinski definition) is 3. The van der Waals surface area contributed by atoms with Crippen molar-refractivity contribution in [2.75, 3.05) is 6.54 Å². The van der Waals surface area contributed by atoms with Gasteiger partial charge < -0.3 is 10.4 Å². The first-order valence-corrected chi connectivity index (χ1v) is 7.68. The molecule has 0 spiro atoms. The van der Waals surface area contributed by atoms with Crippen LogP contribution in [0.5, 0.6) is 0 Å². The summed E-state index contributed by atoms with van der Waals surface area (Å²) in [5.41, 5.74) is 2.54. The normalized spacial score (nSPS) is 12.5. The number of fused-ring (bicyclic) bond motifs is 1. The standard InChI is InChI=1S/C18H16ClFN2O/c19-15-8-13-2-1-7-22-18(13)14(9-15)10-21-11-17(23)12-3-5-16(20)6-4-12/h1-9,17,21,23H,10-11H2. The van der Waals surface area contributed by atoms with E-state index in [2.05, 4.69) is 10.3 Å². The molecule has 0 saturated heterocycles. The van der Waals surface area contributed by atoms with Crippen molar-refractivity contribution >= 4 is 22.5 Å². The van der Waals surface area contributed by atoms with Crippen LogP contribution in [0, 0.1) is 5.82 Å². The lowest BCUT2D eigenvalue weighted by Crippen LogP contribution is -2.21. The van der Waals surface area contributed by atoms with Gasteiger partial charge in [0, 0.05) is 29.7 Å². The molecule has 0 bridgehead atoms. The highest BCUT2D eigenvalue weighted by Gasteiger charge is 2.09. The van der Waals surface area contributed by atoms with Gasteiger partial charge >= 0.3 is 0 Å². The fourth-order valence-corrected chi connectivity index (χ4v) is 2.76. The van der Waals surface area contributed by atoms with Crippen molar-refractivity contribution in [2.45, 2.75) is 12.6 Å². The summed E-state index contributed by atoms with van der Waals surface area (Å²) >= 11 is 6.14. The molecule has 2 N–H and O–H groups in total. The van der Waals surface area contributed by atoms with Gasteiger partial charge in [-0.1, -0.05) is 29.8 Å². The molecule has 3 nitrogen and oxygen atoms in total. The SMILES string of the molecule is OC(CNCc1cc(Cl)cc2cccnc12)c1ccc(F)cc1. The number of aliphatic hydroxyl groups excluding tert-OH is 1. The van der Waals surface area contributed by atoms with E-state index in [4.69, 9.17) is 11.6 Å². The highest BCUT2D eigenvalue weighted by atomic mass is 35.5. The van der Waals surface area contributed by atoms with Gasteiger partial charge in [-0.25, -0.2) is 4.39 Å². The summed E-state index contributed by atoms with van der Waals surface area (Å²) < 4.78 is 12.9. The van der Waals surface area contributed by atoms with E-state index in [1.807, 2.05) is 24.3 Å². The molecular formula is C18H16ClFN2O. The van der Waals surface area contributed by atoms with Crippen LogP contribution < -0.4 is 5.32 Å². The minimum atomic E-state index is -0.700. The molecule has 3 aromatic rings. The average molecular weight is 331 g/mol. The number of rotatable bonds is 5. The summed E-state index contributed by atoms with van der Waals surface area (Å²) in [6.45, 7) is 0.888. The van der Waals surface area contributed by atoms with E-state index >= 15 is 0 Å². The predicted octanol–water partition coefficient (Wildman–Crippen LogP) is 3.85. The minimum absolute atomic E-state index is 0.314. The molecule has 1 heterocycles. The maximum absolute atomic E-state index is 12.9. The zero-order chi connectivity index (χ0) is 16.2. The largest absolute Gasteiger partial charge is 0.387 e. The van der Waals surface area contributed by atoms with E-state index in [-0.39, 0.29) is 5.82 Å². The van der Waals surface area contributed by atoms with Crippen molar-refractivity contribution < 1.29 is 9.50 Å². The summed E-state index contributed by atoms with van der Waals surface area (Å²) in [5.74, 6) is -0.314. The van der Waals surface area contributed by atoms with Crippen LogP contribution in [0.25, 0.3) is 10.9 Å². The lowest BCUT2D eigenvalue weighted by atomic mass is 10.1. The third-order valence-corrected chi connectivity index (χ3v) is 3.87. The Balaban J connectivity index is 1.68.